The molecule has 0 aliphatic carbocycles. The number of hydrogen-bond acceptors (Lipinski definition) is 4. The fraction of sp³-hybridized carbons (Fsp3) is 0.278. The van der Waals surface area contributed by atoms with Crippen molar-refractivity contribution in [2.75, 3.05) is 33.3 Å². The van der Waals surface area contributed by atoms with Crippen LogP contribution in [0.15, 0.2) is 70.6 Å². The lowest BCUT2D eigenvalue weighted by Gasteiger charge is -2.13. The largest absolute Gasteiger partial charge is 0.492 e. The van der Waals surface area contributed by atoms with Crippen LogP contribution in [0.4, 0.5) is 0 Å². The lowest BCUT2D eigenvalue weighted by atomic mass is 10.3. The van der Waals surface area contributed by atoms with Gasteiger partial charge in [-0.3, -0.25) is 4.99 Å². The molecule has 0 aliphatic heterocycles. The maximum Gasteiger partial charge on any atom is 0.240 e. The first-order valence-corrected chi connectivity index (χ1v) is 9.77. The van der Waals surface area contributed by atoms with Crippen molar-refractivity contribution in [3.63, 3.8) is 0 Å². The summed E-state index contributed by atoms with van der Waals surface area (Å²) in [6.07, 6.45) is 0. The van der Waals surface area contributed by atoms with E-state index in [0.717, 1.165) is 5.75 Å². The molecule has 0 amide bonds. The van der Waals surface area contributed by atoms with Crippen LogP contribution in [-0.2, 0) is 10.0 Å². The molecule has 7 nitrogen and oxygen atoms in total. The summed E-state index contributed by atoms with van der Waals surface area (Å²) in [4.78, 5) is 4.34. The van der Waals surface area contributed by atoms with Crippen molar-refractivity contribution >= 4 is 40.0 Å². The Bertz CT molecular complexity index is 787. The van der Waals surface area contributed by atoms with Gasteiger partial charge in [0.05, 0.1) is 11.4 Å². The molecule has 0 atom stereocenters. The van der Waals surface area contributed by atoms with Crippen LogP contribution >= 0.6 is 24.0 Å². The Kier molecular flexibility index (Phi) is 10.8. The fourth-order valence-corrected chi connectivity index (χ4v) is 3.18. The molecule has 148 valence electrons. The van der Waals surface area contributed by atoms with Gasteiger partial charge in [0.15, 0.2) is 5.96 Å². The molecule has 27 heavy (non-hydrogen) atoms. The average Bonchev–Trinajstić information content (AvgIpc) is 2.68. The Morgan fingerprint density at radius 1 is 0.926 bits per heavy atom. The quantitative estimate of drug-likeness (QED) is 0.210. The molecule has 0 bridgehead atoms. The van der Waals surface area contributed by atoms with E-state index in [1.165, 1.54) is 0 Å². The summed E-state index contributed by atoms with van der Waals surface area (Å²) in [5, 5.41) is 6.15. The molecule has 3 N–H and O–H groups in total. The third-order valence-electron chi connectivity index (χ3n) is 3.39. The second-order valence-corrected chi connectivity index (χ2v) is 7.07. The summed E-state index contributed by atoms with van der Waals surface area (Å²) < 4.78 is 32.3. The van der Waals surface area contributed by atoms with E-state index in [1.54, 1.807) is 37.4 Å². The number of ether oxygens (including phenoxy) is 1. The van der Waals surface area contributed by atoms with E-state index in [4.69, 9.17) is 4.74 Å². The predicted octanol–water partition coefficient (Wildman–Crippen LogP) is 1.83. The van der Waals surface area contributed by atoms with Gasteiger partial charge in [-0.1, -0.05) is 36.4 Å². The van der Waals surface area contributed by atoms with Crippen molar-refractivity contribution in [2.45, 2.75) is 4.90 Å². The van der Waals surface area contributed by atoms with E-state index in [1.807, 2.05) is 30.3 Å². The van der Waals surface area contributed by atoms with E-state index in [9.17, 15) is 8.42 Å². The van der Waals surface area contributed by atoms with Gasteiger partial charge < -0.3 is 15.4 Å². The highest BCUT2D eigenvalue weighted by Crippen LogP contribution is 2.07. The summed E-state index contributed by atoms with van der Waals surface area (Å²) in [6, 6.07) is 17.8. The molecule has 0 aromatic heterocycles. The van der Waals surface area contributed by atoms with Crippen molar-refractivity contribution in [3.8, 4) is 5.75 Å². The molecule has 0 fully saturated rings. The Hall–Kier alpha value is -1.85. The molecular weight excluding hydrogens is 479 g/mol. The number of nitrogens with one attached hydrogen (secondary N) is 3. The van der Waals surface area contributed by atoms with Crippen molar-refractivity contribution in [3.05, 3.63) is 60.7 Å². The average molecular weight is 504 g/mol. The lowest BCUT2D eigenvalue weighted by molar-refractivity contribution is 0.322. The highest BCUT2D eigenvalue weighted by molar-refractivity contribution is 14.0. The first kappa shape index (κ1) is 23.2. The van der Waals surface area contributed by atoms with Crippen LogP contribution in [0.3, 0.4) is 0 Å². The summed E-state index contributed by atoms with van der Waals surface area (Å²) in [7, 11) is -1.83. The fourth-order valence-electron chi connectivity index (χ4n) is 2.12. The van der Waals surface area contributed by atoms with Crippen LogP contribution in [0.2, 0.25) is 0 Å². The van der Waals surface area contributed by atoms with Crippen LogP contribution in [-0.4, -0.2) is 47.7 Å². The van der Waals surface area contributed by atoms with Crippen LogP contribution in [0.5, 0.6) is 5.75 Å². The van der Waals surface area contributed by atoms with E-state index in [0.29, 0.717) is 25.7 Å². The normalized spacial score (nSPS) is 11.4. The molecule has 0 radical (unpaired) electrons. The van der Waals surface area contributed by atoms with Gasteiger partial charge >= 0.3 is 0 Å². The zero-order valence-electron chi connectivity index (χ0n) is 15.1. The number of guanidine groups is 1. The molecule has 9 heteroatoms. The SMILES string of the molecule is CN=C(NCCNS(=O)(=O)c1ccccc1)NCCOc1ccccc1.I. The second kappa shape index (κ2) is 12.5. The number of aliphatic imine (C=N–C) groups is 1. The van der Waals surface area contributed by atoms with Crippen LogP contribution in [0.1, 0.15) is 0 Å². The van der Waals surface area contributed by atoms with E-state index >= 15 is 0 Å². The minimum Gasteiger partial charge on any atom is -0.492 e. The maximum atomic E-state index is 12.1. The summed E-state index contributed by atoms with van der Waals surface area (Å²) in [5.74, 6) is 1.40. The Labute approximate surface area is 177 Å². The maximum absolute atomic E-state index is 12.1. The van der Waals surface area contributed by atoms with Gasteiger partial charge in [-0.15, -0.1) is 24.0 Å². The molecule has 2 aromatic rings. The molecular formula is C18H25IN4O3S. The first-order valence-electron chi connectivity index (χ1n) is 8.29. The lowest BCUT2D eigenvalue weighted by Crippen LogP contribution is -2.42. The molecule has 0 saturated heterocycles. The zero-order chi connectivity index (χ0) is 18.7. The number of nitrogens with zero attached hydrogens (tertiary/aromatic N) is 1. The number of sulfonamides is 1. The van der Waals surface area contributed by atoms with E-state index in [2.05, 4.69) is 20.3 Å². The molecule has 0 heterocycles. The number of hydrogen-bond donors (Lipinski definition) is 3. The molecule has 0 aliphatic rings. The number of benzene rings is 2. The minimum atomic E-state index is -3.49. The van der Waals surface area contributed by atoms with Gasteiger partial charge in [0, 0.05) is 20.1 Å². The highest BCUT2D eigenvalue weighted by atomic mass is 127. The molecule has 0 spiro atoms. The zero-order valence-corrected chi connectivity index (χ0v) is 18.2. The van der Waals surface area contributed by atoms with Gasteiger partial charge in [-0.2, -0.15) is 0 Å². The summed E-state index contributed by atoms with van der Waals surface area (Å²) >= 11 is 0. The van der Waals surface area contributed by atoms with Gasteiger partial charge in [-0.25, -0.2) is 13.1 Å². The number of halogens is 1. The van der Waals surface area contributed by atoms with E-state index < -0.39 is 10.0 Å². The molecule has 0 unspecified atom stereocenters. The number of rotatable bonds is 9. The van der Waals surface area contributed by atoms with Crippen molar-refractivity contribution in [1.29, 1.82) is 0 Å². The Morgan fingerprint density at radius 2 is 1.52 bits per heavy atom. The molecule has 0 saturated carbocycles. The Balaban J connectivity index is 0.00000364. The van der Waals surface area contributed by atoms with Crippen LogP contribution in [0, 0.1) is 0 Å². The van der Waals surface area contributed by atoms with Gasteiger partial charge in [0.25, 0.3) is 0 Å². The molecule has 2 rings (SSSR count). The topological polar surface area (TPSA) is 91.8 Å². The highest BCUT2D eigenvalue weighted by Gasteiger charge is 2.11. The first-order chi connectivity index (χ1) is 12.6. The van der Waals surface area contributed by atoms with Crippen LogP contribution < -0.4 is 20.1 Å². The van der Waals surface area contributed by atoms with Gasteiger partial charge in [-0.05, 0) is 24.3 Å². The summed E-state index contributed by atoms with van der Waals surface area (Å²) in [6.45, 7) is 1.72. The van der Waals surface area contributed by atoms with E-state index in [-0.39, 0.29) is 35.4 Å². The van der Waals surface area contributed by atoms with Gasteiger partial charge in [0.2, 0.25) is 10.0 Å². The summed E-state index contributed by atoms with van der Waals surface area (Å²) in [5.41, 5.74) is 0. The smallest absolute Gasteiger partial charge is 0.240 e. The standard InChI is InChI=1S/C18H24N4O3S.HI/c1-19-18(21-14-15-25-16-8-4-2-5-9-16)20-12-13-22-26(23,24)17-10-6-3-7-11-17;/h2-11,22H,12-15H2,1H3,(H2,19,20,21);1H. The van der Waals surface area contributed by atoms with Crippen molar-refractivity contribution < 1.29 is 13.2 Å². The van der Waals surface area contributed by atoms with Gasteiger partial charge in [0.1, 0.15) is 12.4 Å². The van der Waals surface area contributed by atoms with Crippen LogP contribution in [0.25, 0.3) is 0 Å². The van der Waals surface area contributed by atoms with Crippen molar-refractivity contribution in [2.24, 2.45) is 4.99 Å². The third kappa shape index (κ3) is 8.59. The predicted molar refractivity (Wildman–Crippen MR) is 118 cm³/mol. The monoisotopic (exact) mass is 504 g/mol. The molecule has 2 aromatic carbocycles. The number of para-hydroxylation sites is 1. The minimum absolute atomic E-state index is 0. The van der Waals surface area contributed by atoms with Crippen molar-refractivity contribution in [1.82, 2.24) is 15.4 Å². The third-order valence-corrected chi connectivity index (χ3v) is 4.87. The second-order valence-electron chi connectivity index (χ2n) is 5.30. The Morgan fingerprint density at radius 3 is 2.15 bits per heavy atom.